The van der Waals surface area contributed by atoms with Gasteiger partial charge in [0.25, 0.3) is 0 Å². The van der Waals surface area contributed by atoms with Crippen molar-refractivity contribution >= 4 is 11.4 Å². The Morgan fingerprint density at radius 3 is 0.818 bits per heavy atom. The third-order valence-electron chi connectivity index (χ3n) is 3.75. The van der Waals surface area contributed by atoms with Crippen molar-refractivity contribution in [2.45, 2.75) is 18.1 Å². The number of hydrogen-bond donors (Lipinski definition) is 2. The molecule has 0 aliphatic heterocycles. The van der Waals surface area contributed by atoms with E-state index in [9.17, 15) is 61.5 Å². The van der Waals surface area contributed by atoms with E-state index in [4.69, 9.17) is 0 Å². The minimum atomic E-state index is -7.15. The Hall–Kier alpha value is -3.34. The first-order valence-electron chi connectivity index (χ1n) is 7.54. The summed E-state index contributed by atoms with van der Waals surface area (Å²) in [6, 6.07) is 0. The summed E-state index contributed by atoms with van der Waals surface area (Å²) in [5.41, 5.74) is 5.01. The monoisotopic (exact) mass is 510 g/mol. The number of anilines is 2. The summed E-state index contributed by atoms with van der Waals surface area (Å²) >= 11 is 0. The van der Waals surface area contributed by atoms with Crippen molar-refractivity contribution in [1.82, 2.24) is 0 Å². The lowest BCUT2D eigenvalue weighted by Crippen LogP contribution is -2.65. The van der Waals surface area contributed by atoms with Crippen molar-refractivity contribution in [3.8, 4) is 11.5 Å². The molecule has 4 N–H and O–H groups in total. The van der Waals surface area contributed by atoms with Gasteiger partial charge in [-0.25, -0.2) is 17.6 Å². The van der Waals surface area contributed by atoms with Crippen LogP contribution in [0.2, 0.25) is 0 Å². The summed E-state index contributed by atoms with van der Waals surface area (Å²) in [5, 5.41) is 0. The van der Waals surface area contributed by atoms with Crippen LogP contribution in [0.3, 0.4) is 0 Å². The van der Waals surface area contributed by atoms with Gasteiger partial charge in [0.05, 0.1) is 0 Å². The highest BCUT2D eigenvalue weighted by Gasteiger charge is 2.78. The van der Waals surface area contributed by atoms with E-state index in [1.807, 2.05) is 0 Å². The van der Waals surface area contributed by atoms with E-state index in [1.54, 1.807) is 0 Å². The summed E-state index contributed by atoms with van der Waals surface area (Å²) in [5.74, 6) is -36.0. The normalized spacial score (nSPS) is 12.8. The Labute approximate surface area is 171 Å². The van der Waals surface area contributed by atoms with Gasteiger partial charge in [0.15, 0.2) is 23.3 Å². The van der Waals surface area contributed by atoms with E-state index < -0.39 is 87.6 Å². The maximum Gasteiger partial charge on any atom is 0.478 e. The molecular formula is C15H4F14N2O2. The zero-order chi connectivity index (χ0) is 25.8. The van der Waals surface area contributed by atoms with Crippen LogP contribution in [0.5, 0.6) is 11.5 Å². The Morgan fingerprint density at radius 1 is 0.424 bits per heavy atom. The topological polar surface area (TPSA) is 70.5 Å². The third kappa shape index (κ3) is 3.86. The van der Waals surface area contributed by atoms with Crippen molar-refractivity contribution in [3.63, 3.8) is 0 Å². The first-order chi connectivity index (χ1) is 14.8. The maximum absolute atomic E-state index is 13.8. The highest BCUT2D eigenvalue weighted by Crippen LogP contribution is 2.50. The lowest BCUT2D eigenvalue weighted by Gasteiger charge is -2.36. The molecule has 0 aliphatic carbocycles. The van der Waals surface area contributed by atoms with Gasteiger partial charge in [0.2, 0.25) is 34.8 Å². The van der Waals surface area contributed by atoms with Gasteiger partial charge >= 0.3 is 18.1 Å². The molecule has 0 aromatic heterocycles. The fraction of sp³-hybridized carbons (Fsp3) is 0.200. The van der Waals surface area contributed by atoms with Crippen LogP contribution >= 0.6 is 0 Å². The predicted octanol–water partition coefficient (Wildman–Crippen LogP) is 5.24. The molecule has 0 radical (unpaired) electrons. The van der Waals surface area contributed by atoms with Gasteiger partial charge in [-0.2, -0.15) is 43.9 Å². The predicted molar refractivity (Wildman–Crippen MR) is 77.5 cm³/mol. The van der Waals surface area contributed by atoms with Gasteiger partial charge in [-0.15, -0.1) is 0 Å². The number of ether oxygens (including phenoxy) is 2. The molecule has 18 heteroatoms. The molecular weight excluding hydrogens is 506 g/mol. The van der Waals surface area contributed by atoms with Gasteiger partial charge in [0, 0.05) is 0 Å². The second kappa shape index (κ2) is 7.91. The minimum Gasteiger partial charge on any atom is -0.431 e. The zero-order valence-electron chi connectivity index (χ0n) is 14.8. The number of alkyl halides is 6. The molecule has 2 aromatic rings. The summed E-state index contributed by atoms with van der Waals surface area (Å²) in [6.07, 6.45) is -14.3. The van der Waals surface area contributed by atoms with Gasteiger partial charge in [-0.05, 0) is 0 Å². The van der Waals surface area contributed by atoms with Crippen LogP contribution in [-0.2, 0) is 0 Å². The van der Waals surface area contributed by atoms with Crippen LogP contribution in [0.4, 0.5) is 72.8 Å². The van der Waals surface area contributed by atoms with Crippen LogP contribution in [0.1, 0.15) is 0 Å². The number of hydrogen-bond acceptors (Lipinski definition) is 4. The standard InChI is InChI=1S/C15H4F14N2O2/c16-1-5(20)11(6(21)2(17)9(1)30)32-13(14(24,25)26,15(27,28)29)33-12-7(22)3(18)10(31)4(19)8(12)23/h30-31H2. The van der Waals surface area contributed by atoms with Gasteiger partial charge in [-0.1, -0.05) is 0 Å². The molecule has 2 rings (SSSR count). The molecule has 2 aromatic carbocycles. The highest BCUT2D eigenvalue weighted by atomic mass is 19.4. The largest absolute Gasteiger partial charge is 0.478 e. The molecule has 0 aliphatic rings. The Morgan fingerprint density at radius 2 is 0.636 bits per heavy atom. The first-order valence-corrected chi connectivity index (χ1v) is 7.54. The molecule has 0 saturated heterocycles. The molecule has 184 valence electrons. The SMILES string of the molecule is Nc1c(F)c(F)c(OC(Oc2c(F)c(F)c(N)c(F)c2F)(C(F)(F)F)C(F)(F)F)c(F)c1F. The molecule has 0 atom stereocenters. The summed E-state index contributed by atoms with van der Waals surface area (Å²) in [6.45, 7) is 0. The van der Waals surface area contributed by atoms with Crippen molar-refractivity contribution in [1.29, 1.82) is 0 Å². The summed E-state index contributed by atoms with van der Waals surface area (Å²) < 4.78 is 196. The lowest BCUT2D eigenvalue weighted by atomic mass is 10.2. The summed E-state index contributed by atoms with van der Waals surface area (Å²) in [7, 11) is 0. The van der Waals surface area contributed by atoms with Crippen molar-refractivity contribution in [3.05, 3.63) is 46.5 Å². The molecule has 0 spiro atoms. The molecule has 0 heterocycles. The van der Waals surface area contributed by atoms with Crippen molar-refractivity contribution in [2.75, 3.05) is 11.5 Å². The van der Waals surface area contributed by atoms with Crippen molar-refractivity contribution in [2.24, 2.45) is 0 Å². The molecule has 0 saturated carbocycles. The average molecular weight is 510 g/mol. The fourth-order valence-electron chi connectivity index (χ4n) is 2.14. The Balaban J connectivity index is 2.92. The molecule has 0 fully saturated rings. The smallest absolute Gasteiger partial charge is 0.431 e. The number of rotatable bonds is 4. The van der Waals surface area contributed by atoms with Crippen LogP contribution < -0.4 is 20.9 Å². The zero-order valence-corrected chi connectivity index (χ0v) is 14.8. The van der Waals surface area contributed by atoms with Crippen LogP contribution in [0, 0.1) is 46.5 Å². The third-order valence-corrected chi connectivity index (χ3v) is 3.75. The van der Waals surface area contributed by atoms with E-state index >= 15 is 0 Å². The fourth-order valence-corrected chi connectivity index (χ4v) is 2.14. The number of halogens is 14. The number of nitrogen functional groups attached to an aromatic ring is 2. The van der Waals surface area contributed by atoms with E-state index in [2.05, 4.69) is 20.9 Å². The van der Waals surface area contributed by atoms with Gasteiger partial charge < -0.3 is 20.9 Å². The first kappa shape index (κ1) is 25.9. The highest BCUT2D eigenvalue weighted by molar-refractivity contribution is 5.49. The summed E-state index contributed by atoms with van der Waals surface area (Å²) in [4.78, 5) is 0. The Bertz CT molecular complexity index is 966. The second-order valence-corrected chi connectivity index (χ2v) is 5.81. The van der Waals surface area contributed by atoms with Gasteiger partial charge in [-0.3, -0.25) is 0 Å². The van der Waals surface area contributed by atoms with E-state index in [1.165, 1.54) is 0 Å². The second-order valence-electron chi connectivity index (χ2n) is 5.81. The number of nitrogens with two attached hydrogens (primary N) is 2. The maximum atomic E-state index is 13.8. The lowest BCUT2D eigenvalue weighted by molar-refractivity contribution is -0.423. The van der Waals surface area contributed by atoms with Crippen molar-refractivity contribution < 1.29 is 70.9 Å². The molecule has 33 heavy (non-hydrogen) atoms. The average Bonchev–Trinajstić information content (AvgIpc) is 2.70. The molecule has 0 bridgehead atoms. The van der Waals surface area contributed by atoms with Gasteiger partial charge in [0.1, 0.15) is 11.4 Å². The van der Waals surface area contributed by atoms with Crippen LogP contribution in [0.25, 0.3) is 0 Å². The van der Waals surface area contributed by atoms with E-state index in [0.29, 0.717) is 0 Å². The molecule has 0 unspecified atom stereocenters. The minimum absolute atomic E-state index is 2.04. The van der Waals surface area contributed by atoms with E-state index in [-0.39, 0.29) is 0 Å². The molecule has 4 nitrogen and oxygen atoms in total. The van der Waals surface area contributed by atoms with E-state index in [0.717, 1.165) is 0 Å². The van der Waals surface area contributed by atoms with Crippen LogP contribution in [0.15, 0.2) is 0 Å². The quantitative estimate of drug-likeness (QED) is 0.256. The number of benzene rings is 2. The Kier molecular flexibility index (Phi) is 6.21. The molecule has 0 amide bonds. The van der Waals surface area contributed by atoms with Crippen LogP contribution in [-0.4, -0.2) is 18.1 Å².